The molecule has 0 saturated heterocycles. The molecule has 0 bridgehead atoms. The van der Waals surface area contributed by atoms with E-state index in [0.29, 0.717) is 17.5 Å². The minimum absolute atomic E-state index is 0.648. The Morgan fingerprint density at radius 3 is 1.72 bits per heavy atom. The molecule has 3 aromatic carbocycles. The summed E-state index contributed by atoms with van der Waals surface area (Å²) in [5.41, 5.74) is 4.97. The molecule has 0 fully saturated rings. The molecule has 4 aromatic rings. The van der Waals surface area contributed by atoms with Gasteiger partial charge in [-0.15, -0.1) is 0 Å². The Bertz CT molecular complexity index is 1110. The van der Waals surface area contributed by atoms with Crippen LogP contribution in [0.1, 0.15) is 18.1 Å². The lowest BCUT2D eigenvalue weighted by Crippen LogP contribution is -2.01. The van der Waals surface area contributed by atoms with Crippen molar-refractivity contribution in [2.24, 2.45) is 0 Å². The number of benzene rings is 3. The van der Waals surface area contributed by atoms with Crippen molar-refractivity contribution in [3.8, 4) is 34.2 Å². The van der Waals surface area contributed by atoms with Crippen molar-refractivity contribution in [3.63, 3.8) is 0 Å². The molecular weight excluding hydrogens is 354 g/mol. The largest absolute Gasteiger partial charge is 0.208 e. The molecular formula is C26H21N3. The zero-order valence-corrected chi connectivity index (χ0v) is 16.3. The molecule has 0 radical (unpaired) electrons. The van der Waals surface area contributed by atoms with E-state index < -0.39 is 0 Å². The van der Waals surface area contributed by atoms with E-state index in [9.17, 15) is 0 Å². The minimum atomic E-state index is 0.648. The molecule has 1 heterocycles. The monoisotopic (exact) mass is 375 g/mol. The van der Waals surface area contributed by atoms with Gasteiger partial charge >= 0.3 is 0 Å². The summed E-state index contributed by atoms with van der Waals surface area (Å²) in [5, 5.41) is 0. The van der Waals surface area contributed by atoms with Crippen LogP contribution in [0.5, 0.6) is 0 Å². The Hall–Kier alpha value is -3.85. The number of hydrogen-bond acceptors (Lipinski definition) is 3. The van der Waals surface area contributed by atoms with Crippen molar-refractivity contribution in [1.29, 1.82) is 0 Å². The van der Waals surface area contributed by atoms with E-state index in [-0.39, 0.29) is 0 Å². The van der Waals surface area contributed by atoms with Crippen LogP contribution in [0.25, 0.3) is 46.3 Å². The highest BCUT2D eigenvalue weighted by Gasteiger charge is 2.14. The topological polar surface area (TPSA) is 38.7 Å². The lowest BCUT2D eigenvalue weighted by Gasteiger charge is -2.12. The molecule has 0 atom stereocenters. The average Bonchev–Trinajstić information content (AvgIpc) is 2.80. The molecule has 0 amide bonds. The highest BCUT2D eigenvalue weighted by Crippen LogP contribution is 2.29. The highest BCUT2D eigenvalue weighted by molar-refractivity contribution is 5.79. The number of hydrogen-bond donors (Lipinski definition) is 0. The van der Waals surface area contributed by atoms with E-state index in [1.54, 1.807) is 0 Å². The molecule has 0 unspecified atom stereocenters. The van der Waals surface area contributed by atoms with Gasteiger partial charge in [-0.05, 0) is 18.1 Å². The first kappa shape index (κ1) is 18.5. The first-order chi connectivity index (χ1) is 14.3. The van der Waals surface area contributed by atoms with Crippen LogP contribution in [0.2, 0.25) is 0 Å². The summed E-state index contributed by atoms with van der Waals surface area (Å²) < 4.78 is 0. The van der Waals surface area contributed by atoms with Crippen molar-refractivity contribution in [2.45, 2.75) is 6.92 Å². The molecule has 0 N–H and O–H groups in total. The molecule has 0 aliphatic heterocycles. The molecule has 0 aliphatic rings. The summed E-state index contributed by atoms with van der Waals surface area (Å²) in [4.78, 5) is 14.4. The van der Waals surface area contributed by atoms with Crippen molar-refractivity contribution in [1.82, 2.24) is 15.0 Å². The van der Waals surface area contributed by atoms with Gasteiger partial charge in [0.05, 0.1) is 0 Å². The molecule has 0 spiro atoms. The molecule has 29 heavy (non-hydrogen) atoms. The fraction of sp³-hybridized carbons (Fsp3) is 0.0385. The third-order valence-corrected chi connectivity index (χ3v) is 4.63. The maximum atomic E-state index is 4.83. The Morgan fingerprint density at radius 2 is 1.21 bits per heavy atom. The smallest absolute Gasteiger partial charge is 0.164 e. The van der Waals surface area contributed by atoms with Gasteiger partial charge in [0, 0.05) is 16.7 Å². The van der Waals surface area contributed by atoms with Crippen molar-refractivity contribution >= 4 is 12.2 Å². The second-order valence-electron chi connectivity index (χ2n) is 6.55. The fourth-order valence-electron chi connectivity index (χ4n) is 3.24. The van der Waals surface area contributed by atoms with Gasteiger partial charge in [-0.1, -0.05) is 104 Å². The van der Waals surface area contributed by atoms with Gasteiger partial charge in [-0.3, -0.25) is 0 Å². The lowest BCUT2D eigenvalue weighted by atomic mass is 9.99. The van der Waals surface area contributed by atoms with Crippen molar-refractivity contribution < 1.29 is 0 Å². The minimum Gasteiger partial charge on any atom is -0.208 e. The van der Waals surface area contributed by atoms with Crippen LogP contribution in [0.4, 0.5) is 0 Å². The summed E-state index contributed by atoms with van der Waals surface area (Å²) >= 11 is 0. The quantitative estimate of drug-likeness (QED) is 0.397. The molecule has 140 valence electrons. The standard InChI is InChI=1S/C26H21N3/c1-3-12-22-19(4-2)17-11-18-23(22)26-28-24(20-13-7-5-8-14-20)27-25(29-26)21-15-9-6-10-16-21/h3-18H,2H2,1H3/b12-3-. The van der Waals surface area contributed by atoms with Crippen LogP contribution in [0.15, 0.2) is 91.5 Å². The Kier molecular flexibility index (Phi) is 5.39. The molecule has 3 nitrogen and oxygen atoms in total. The average molecular weight is 375 g/mol. The third kappa shape index (κ3) is 3.90. The van der Waals surface area contributed by atoms with Crippen LogP contribution < -0.4 is 0 Å². The van der Waals surface area contributed by atoms with Gasteiger partial charge in [0.25, 0.3) is 0 Å². The molecule has 4 rings (SSSR count). The third-order valence-electron chi connectivity index (χ3n) is 4.63. The number of nitrogens with zero attached hydrogens (tertiary/aromatic N) is 3. The summed E-state index contributed by atoms with van der Waals surface area (Å²) in [6.07, 6.45) is 5.94. The number of rotatable bonds is 5. The van der Waals surface area contributed by atoms with E-state index in [1.165, 1.54) is 0 Å². The normalized spacial score (nSPS) is 10.9. The van der Waals surface area contributed by atoms with Crippen LogP contribution in [-0.4, -0.2) is 15.0 Å². The Labute approximate surface area is 171 Å². The molecule has 0 saturated carbocycles. The molecule has 0 aliphatic carbocycles. The maximum absolute atomic E-state index is 4.83. The van der Waals surface area contributed by atoms with E-state index in [4.69, 9.17) is 15.0 Å². The van der Waals surface area contributed by atoms with E-state index in [0.717, 1.165) is 27.8 Å². The van der Waals surface area contributed by atoms with Gasteiger partial charge in [-0.2, -0.15) is 0 Å². The summed E-state index contributed by atoms with van der Waals surface area (Å²) in [7, 11) is 0. The van der Waals surface area contributed by atoms with Gasteiger partial charge in [0.15, 0.2) is 17.5 Å². The fourth-order valence-corrected chi connectivity index (χ4v) is 3.24. The first-order valence-corrected chi connectivity index (χ1v) is 9.55. The SMILES string of the molecule is C=Cc1cccc(-c2nc(-c3ccccc3)nc(-c3ccccc3)n2)c1/C=C\C. The van der Waals surface area contributed by atoms with Gasteiger partial charge in [-0.25, -0.2) is 15.0 Å². The molecule has 3 heteroatoms. The van der Waals surface area contributed by atoms with Crippen LogP contribution in [-0.2, 0) is 0 Å². The lowest BCUT2D eigenvalue weighted by molar-refractivity contribution is 1.07. The van der Waals surface area contributed by atoms with E-state index in [1.807, 2.05) is 97.9 Å². The second kappa shape index (κ2) is 8.44. The predicted octanol–water partition coefficient (Wildman–Crippen LogP) is 6.55. The van der Waals surface area contributed by atoms with Crippen LogP contribution in [0, 0.1) is 0 Å². The second-order valence-corrected chi connectivity index (χ2v) is 6.55. The van der Waals surface area contributed by atoms with Crippen LogP contribution >= 0.6 is 0 Å². The summed E-state index contributed by atoms with van der Waals surface area (Å²) in [6.45, 7) is 5.95. The summed E-state index contributed by atoms with van der Waals surface area (Å²) in [6, 6.07) is 26.1. The van der Waals surface area contributed by atoms with Gasteiger partial charge in [0.1, 0.15) is 0 Å². The molecule has 1 aromatic heterocycles. The van der Waals surface area contributed by atoms with Gasteiger partial charge < -0.3 is 0 Å². The Morgan fingerprint density at radius 1 is 0.655 bits per heavy atom. The highest BCUT2D eigenvalue weighted by atomic mass is 15.0. The summed E-state index contributed by atoms with van der Waals surface area (Å²) in [5.74, 6) is 1.96. The number of allylic oxidation sites excluding steroid dienone is 1. The van der Waals surface area contributed by atoms with Crippen LogP contribution in [0.3, 0.4) is 0 Å². The van der Waals surface area contributed by atoms with Gasteiger partial charge in [0.2, 0.25) is 0 Å². The zero-order valence-electron chi connectivity index (χ0n) is 16.3. The predicted molar refractivity (Wildman–Crippen MR) is 121 cm³/mol. The van der Waals surface area contributed by atoms with Crippen molar-refractivity contribution in [2.75, 3.05) is 0 Å². The first-order valence-electron chi connectivity index (χ1n) is 9.55. The Balaban J connectivity index is 1.98. The maximum Gasteiger partial charge on any atom is 0.164 e. The number of aromatic nitrogens is 3. The van der Waals surface area contributed by atoms with E-state index >= 15 is 0 Å². The van der Waals surface area contributed by atoms with Crippen molar-refractivity contribution in [3.05, 3.63) is 103 Å². The van der Waals surface area contributed by atoms with E-state index in [2.05, 4.69) is 12.7 Å². The zero-order chi connectivity index (χ0) is 20.1.